The normalized spacial score (nSPS) is 17.2. The second-order valence-corrected chi connectivity index (χ2v) is 6.23. The van der Waals surface area contributed by atoms with Crippen molar-refractivity contribution in [2.75, 3.05) is 6.54 Å². The Balaban J connectivity index is 1.74. The highest BCUT2D eigenvalue weighted by atomic mass is 79.9. The maximum Gasteiger partial charge on any atom is 0.136 e. The molecule has 22 heavy (non-hydrogen) atoms. The van der Waals surface area contributed by atoms with Crippen LogP contribution in [0.1, 0.15) is 18.3 Å². The van der Waals surface area contributed by atoms with Crippen LogP contribution in [0.5, 0.6) is 0 Å². The molecule has 1 aliphatic heterocycles. The first-order valence-electron chi connectivity index (χ1n) is 7.27. The lowest BCUT2D eigenvalue weighted by Gasteiger charge is -2.12. The van der Waals surface area contributed by atoms with Crippen LogP contribution in [0.2, 0.25) is 0 Å². The van der Waals surface area contributed by atoms with E-state index in [1.165, 1.54) is 11.1 Å². The maximum absolute atomic E-state index is 4.66. The van der Waals surface area contributed by atoms with Gasteiger partial charge in [-0.2, -0.15) is 0 Å². The Morgan fingerprint density at radius 1 is 1.09 bits per heavy atom. The zero-order valence-corrected chi connectivity index (χ0v) is 13.4. The smallest absolute Gasteiger partial charge is 0.136 e. The molecule has 2 N–H and O–H groups in total. The summed E-state index contributed by atoms with van der Waals surface area (Å²) in [7, 11) is 0. The van der Waals surface area contributed by atoms with Gasteiger partial charge >= 0.3 is 0 Å². The standard InChI is InChI=1S/C18H14BrN3/c19-14-7-4-12(5-8-14)13-6-9-15-17(11-13)22-18(21-15)16-3-1-2-10-20-16/h4-9,11,16,20H,2,10H2,(H,21,22). The van der Waals surface area contributed by atoms with Gasteiger partial charge in [0.05, 0.1) is 11.0 Å². The zero-order chi connectivity index (χ0) is 14.9. The summed E-state index contributed by atoms with van der Waals surface area (Å²) >= 11 is 3.47. The van der Waals surface area contributed by atoms with Crippen molar-refractivity contribution in [1.29, 1.82) is 0 Å². The topological polar surface area (TPSA) is 40.7 Å². The molecular weight excluding hydrogens is 338 g/mol. The van der Waals surface area contributed by atoms with Crippen LogP contribution < -0.4 is 5.32 Å². The summed E-state index contributed by atoms with van der Waals surface area (Å²) in [5, 5.41) is 3.38. The second-order valence-electron chi connectivity index (χ2n) is 5.32. The van der Waals surface area contributed by atoms with Gasteiger partial charge in [-0.25, -0.2) is 4.98 Å². The van der Waals surface area contributed by atoms with Gasteiger partial charge in [-0.05, 0) is 35.4 Å². The van der Waals surface area contributed by atoms with Gasteiger partial charge in [0.2, 0.25) is 0 Å². The molecule has 108 valence electrons. The number of nitrogens with one attached hydrogen (secondary N) is 2. The van der Waals surface area contributed by atoms with Crippen molar-refractivity contribution in [3.8, 4) is 23.0 Å². The first kappa shape index (κ1) is 13.6. The summed E-state index contributed by atoms with van der Waals surface area (Å²) in [5.74, 6) is 7.23. The highest BCUT2D eigenvalue weighted by Crippen LogP contribution is 2.26. The van der Waals surface area contributed by atoms with Crippen LogP contribution in [0.4, 0.5) is 0 Å². The van der Waals surface area contributed by atoms with Gasteiger partial charge in [-0.1, -0.05) is 46.0 Å². The van der Waals surface area contributed by atoms with Crippen molar-refractivity contribution in [3.63, 3.8) is 0 Å². The highest BCUT2D eigenvalue weighted by Gasteiger charge is 2.14. The predicted octanol–water partition coefficient (Wildman–Crippen LogP) is 4.03. The number of aromatic amines is 1. The van der Waals surface area contributed by atoms with Gasteiger partial charge in [-0.15, -0.1) is 0 Å². The fraction of sp³-hybridized carbons (Fsp3) is 0.167. The van der Waals surface area contributed by atoms with E-state index in [1.807, 2.05) is 0 Å². The van der Waals surface area contributed by atoms with E-state index in [9.17, 15) is 0 Å². The maximum atomic E-state index is 4.66. The van der Waals surface area contributed by atoms with Crippen LogP contribution >= 0.6 is 15.9 Å². The van der Waals surface area contributed by atoms with E-state index in [2.05, 4.69) is 85.5 Å². The fourth-order valence-electron chi connectivity index (χ4n) is 2.66. The van der Waals surface area contributed by atoms with Crippen LogP contribution in [-0.4, -0.2) is 16.5 Å². The first-order valence-corrected chi connectivity index (χ1v) is 8.06. The molecule has 1 atom stereocenters. The van der Waals surface area contributed by atoms with E-state index in [0.717, 1.165) is 34.3 Å². The minimum Gasteiger partial charge on any atom is -0.340 e. The monoisotopic (exact) mass is 351 g/mol. The molecule has 0 aliphatic carbocycles. The number of rotatable bonds is 2. The molecule has 0 spiro atoms. The Hall–Kier alpha value is -2.09. The van der Waals surface area contributed by atoms with E-state index in [-0.39, 0.29) is 6.04 Å². The fourth-order valence-corrected chi connectivity index (χ4v) is 2.92. The summed E-state index contributed by atoms with van der Waals surface area (Å²) in [6.45, 7) is 0.916. The first-order chi connectivity index (χ1) is 10.8. The predicted molar refractivity (Wildman–Crippen MR) is 92.4 cm³/mol. The average Bonchev–Trinajstić information content (AvgIpc) is 2.99. The van der Waals surface area contributed by atoms with Crippen molar-refractivity contribution >= 4 is 27.0 Å². The van der Waals surface area contributed by atoms with Crippen molar-refractivity contribution in [1.82, 2.24) is 15.3 Å². The summed E-state index contributed by atoms with van der Waals surface area (Å²) < 4.78 is 1.09. The molecule has 1 aromatic heterocycles. The van der Waals surface area contributed by atoms with Crippen molar-refractivity contribution in [2.24, 2.45) is 0 Å². The van der Waals surface area contributed by atoms with Gasteiger partial charge in [0.15, 0.2) is 0 Å². The van der Waals surface area contributed by atoms with E-state index in [0.29, 0.717) is 0 Å². The molecule has 4 rings (SSSR count). The Kier molecular flexibility index (Phi) is 3.45. The number of benzene rings is 2. The number of aromatic nitrogens is 2. The quantitative estimate of drug-likeness (QED) is 0.684. The lowest BCUT2D eigenvalue weighted by atomic mass is 10.1. The minimum absolute atomic E-state index is 0.0114. The molecular formula is C18H14BrN3. The third kappa shape index (κ3) is 2.54. The molecule has 2 heterocycles. The number of imidazole rings is 1. The summed E-state index contributed by atoms with van der Waals surface area (Å²) in [6, 6.07) is 14.6. The Bertz CT molecular complexity index is 884. The molecule has 3 aromatic rings. The SMILES string of the molecule is Brc1ccc(-c2ccc3nc(C4C#CCCN4)[nH]c3c2)cc1. The molecule has 1 aliphatic rings. The number of H-pyrrole nitrogens is 1. The minimum atomic E-state index is 0.0114. The van der Waals surface area contributed by atoms with Gasteiger partial charge < -0.3 is 4.98 Å². The molecule has 4 heteroatoms. The Morgan fingerprint density at radius 3 is 2.68 bits per heavy atom. The molecule has 0 saturated heterocycles. The van der Waals surface area contributed by atoms with E-state index in [4.69, 9.17) is 0 Å². The third-order valence-corrected chi connectivity index (χ3v) is 4.32. The Labute approximate surface area is 137 Å². The number of hydrogen-bond donors (Lipinski definition) is 2. The summed E-state index contributed by atoms with van der Waals surface area (Å²) in [5.41, 5.74) is 4.39. The molecule has 0 radical (unpaired) electrons. The molecule has 3 nitrogen and oxygen atoms in total. The molecule has 2 aromatic carbocycles. The number of halogens is 1. The van der Waals surface area contributed by atoms with Crippen molar-refractivity contribution in [3.05, 3.63) is 52.8 Å². The summed E-state index contributed by atoms with van der Waals surface area (Å²) in [4.78, 5) is 8.06. The average molecular weight is 352 g/mol. The van der Waals surface area contributed by atoms with Gasteiger partial charge in [-0.3, -0.25) is 5.32 Å². The largest absolute Gasteiger partial charge is 0.340 e. The van der Waals surface area contributed by atoms with Crippen LogP contribution in [0.15, 0.2) is 46.9 Å². The number of fused-ring (bicyclic) bond motifs is 1. The molecule has 1 unspecified atom stereocenters. The lowest BCUT2D eigenvalue weighted by Crippen LogP contribution is -2.24. The second kappa shape index (κ2) is 5.60. The number of hydrogen-bond acceptors (Lipinski definition) is 2. The molecule has 0 fully saturated rings. The van der Waals surface area contributed by atoms with Gasteiger partial charge in [0.1, 0.15) is 11.9 Å². The molecule has 0 amide bonds. The van der Waals surface area contributed by atoms with Crippen LogP contribution in [-0.2, 0) is 0 Å². The number of nitrogens with zero attached hydrogens (tertiary/aromatic N) is 1. The van der Waals surface area contributed by atoms with Crippen molar-refractivity contribution in [2.45, 2.75) is 12.5 Å². The van der Waals surface area contributed by atoms with E-state index >= 15 is 0 Å². The van der Waals surface area contributed by atoms with Crippen LogP contribution in [0.25, 0.3) is 22.2 Å². The zero-order valence-electron chi connectivity index (χ0n) is 11.9. The van der Waals surface area contributed by atoms with Gasteiger partial charge in [0, 0.05) is 17.4 Å². The third-order valence-electron chi connectivity index (χ3n) is 3.80. The van der Waals surface area contributed by atoms with E-state index < -0.39 is 0 Å². The summed E-state index contributed by atoms with van der Waals surface area (Å²) in [6.07, 6.45) is 0.907. The molecule has 0 bridgehead atoms. The van der Waals surface area contributed by atoms with Crippen molar-refractivity contribution < 1.29 is 0 Å². The van der Waals surface area contributed by atoms with Crippen LogP contribution in [0.3, 0.4) is 0 Å². The molecule has 0 saturated carbocycles. The Morgan fingerprint density at radius 2 is 1.91 bits per heavy atom. The lowest BCUT2D eigenvalue weighted by molar-refractivity contribution is 0.607. The van der Waals surface area contributed by atoms with Crippen LogP contribution in [0, 0.1) is 11.8 Å². The highest BCUT2D eigenvalue weighted by molar-refractivity contribution is 9.10. The van der Waals surface area contributed by atoms with Gasteiger partial charge in [0.25, 0.3) is 0 Å². The van der Waals surface area contributed by atoms with E-state index in [1.54, 1.807) is 0 Å².